The highest BCUT2D eigenvalue weighted by atomic mass is 16.5. The van der Waals surface area contributed by atoms with Crippen molar-refractivity contribution in [2.75, 3.05) is 20.2 Å². The molecule has 24 heavy (non-hydrogen) atoms. The van der Waals surface area contributed by atoms with Gasteiger partial charge in [-0.1, -0.05) is 35.5 Å². The molecule has 1 saturated heterocycles. The highest BCUT2D eigenvalue weighted by Gasteiger charge is 2.33. The average Bonchev–Trinajstić information content (AvgIpc) is 3.28. The number of ether oxygens (including phenoxy) is 1. The Morgan fingerprint density at radius 2 is 2.25 bits per heavy atom. The zero-order valence-corrected chi connectivity index (χ0v) is 13.8. The Hall–Kier alpha value is -2.41. The summed E-state index contributed by atoms with van der Waals surface area (Å²) in [5.41, 5.74) is 1.14. The van der Waals surface area contributed by atoms with Crippen LogP contribution >= 0.6 is 0 Å². The fourth-order valence-electron chi connectivity index (χ4n) is 2.84. The van der Waals surface area contributed by atoms with E-state index in [2.05, 4.69) is 15.5 Å². The molecule has 7 nitrogen and oxygen atoms in total. The first-order valence-electron chi connectivity index (χ1n) is 8.20. The van der Waals surface area contributed by atoms with E-state index in [1.807, 2.05) is 30.3 Å². The Morgan fingerprint density at radius 3 is 3.04 bits per heavy atom. The molecule has 128 valence electrons. The molecular formula is C17H22N4O3. The second-order valence-electron chi connectivity index (χ2n) is 5.74. The topological polar surface area (TPSA) is 80.5 Å². The number of carbonyl (C=O) groups excluding carboxylic acids is 1. The van der Waals surface area contributed by atoms with E-state index in [4.69, 9.17) is 9.26 Å². The van der Waals surface area contributed by atoms with Crippen molar-refractivity contribution in [1.29, 1.82) is 0 Å². The van der Waals surface area contributed by atoms with Crippen LogP contribution < -0.4 is 5.32 Å². The normalized spacial score (nSPS) is 17.2. The van der Waals surface area contributed by atoms with Crippen molar-refractivity contribution in [3.05, 3.63) is 47.6 Å². The molecule has 1 unspecified atom stereocenters. The fourth-order valence-corrected chi connectivity index (χ4v) is 2.84. The van der Waals surface area contributed by atoms with E-state index >= 15 is 0 Å². The summed E-state index contributed by atoms with van der Waals surface area (Å²) in [5, 5.41) is 6.65. The van der Waals surface area contributed by atoms with E-state index in [0.717, 1.165) is 18.4 Å². The number of aromatic nitrogens is 2. The molecule has 2 amide bonds. The van der Waals surface area contributed by atoms with E-state index < -0.39 is 0 Å². The molecule has 1 aromatic heterocycles. The van der Waals surface area contributed by atoms with Gasteiger partial charge in [0.1, 0.15) is 6.04 Å². The van der Waals surface area contributed by atoms with E-state index in [9.17, 15) is 4.79 Å². The van der Waals surface area contributed by atoms with Crippen LogP contribution in [-0.4, -0.2) is 41.3 Å². The number of nitrogens with one attached hydrogen (secondary N) is 1. The summed E-state index contributed by atoms with van der Waals surface area (Å²) >= 11 is 0. The van der Waals surface area contributed by atoms with Crippen molar-refractivity contribution in [1.82, 2.24) is 20.4 Å². The van der Waals surface area contributed by atoms with Crippen molar-refractivity contribution in [2.24, 2.45) is 0 Å². The number of hydrogen-bond donors (Lipinski definition) is 1. The maximum absolute atomic E-state index is 11.9. The minimum atomic E-state index is -0.128. The Balaban J connectivity index is 1.49. The van der Waals surface area contributed by atoms with E-state index in [0.29, 0.717) is 37.9 Å². The molecule has 0 saturated carbocycles. The first kappa shape index (κ1) is 16.4. The van der Waals surface area contributed by atoms with Gasteiger partial charge in [0.15, 0.2) is 5.82 Å². The molecule has 2 heterocycles. The third-order valence-electron chi connectivity index (χ3n) is 4.08. The number of carbonyl (C=O) groups is 1. The Labute approximate surface area is 141 Å². The molecule has 1 aliphatic rings. The third kappa shape index (κ3) is 3.91. The van der Waals surface area contributed by atoms with Crippen LogP contribution in [0.4, 0.5) is 4.79 Å². The summed E-state index contributed by atoms with van der Waals surface area (Å²) in [7, 11) is 1.63. The molecule has 2 aromatic rings. The van der Waals surface area contributed by atoms with Crippen LogP contribution in [0.5, 0.6) is 0 Å². The lowest BCUT2D eigenvalue weighted by molar-refractivity contribution is 0.122. The smallest absolute Gasteiger partial charge is 0.317 e. The van der Waals surface area contributed by atoms with Crippen LogP contribution in [0.3, 0.4) is 0 Å². The fraction of sp³-hybridized carbons (Fsp3) is 0.471. The van der Waals surface area contributed by atoms with Gasteiger partial charge in [0, 0.05) is 20.0 Å². The molecule has 0 aliphatic carbocycles. The predicted octanol–water partition coefficient (Wildman–Crippen LogP) is 2.31. The lowest BCUT2D eigenvalue weighted by Gasteiger charge is -2.20. The lowest BCUT2D eigenvalue weighted by Crippen LogP contribution is -2.37. The van der Waals surface area contributed by atoms with Crippen LogP contribution in [0.25, 0.3) is 0 Å². The van der Waals surface area contributed by atoms with Gasteiger partial charge in [-0.25, -0.2) is 4.79 Å². The van der Waals surface area contributed by atoms with E-state index in [-0.39, 0.29) is 12.1 Å². The van der Waals surface area contributed by atoms with Gasteiger partial charge in [-0.05, 0) is 18.4 Å². The second-order valence-corrected chi connectivity index (χ2v) is 5.74. The van der Waals surface area contributed by atoms with Crippen molar-refractivity contribution in [3.63, 3.8) is 0 Å². The Bertz CT molecular complexity index is 659. The lowest BCUT2D eigenvalue weighted by atomic mass is 10.2. The molecule has 3 rings (SSSR count). The predicted molar refractivity (Wildman–Crippen MR) is 87.2 cm³/mol. The Morgan fingerprint density at radius 1 is 1.42 bits per heavy atom. The number of rotatable bonds is 6. The number of urea groups is 1. The van der Waals surface area contributed by atoms with Crippen LogP contribution in [0, 0.1) is 0 Å². The SMILES string of the molecule is CNC(=O)N1CCCC1c1nc(CCOCc2ccccc2)no1. The monoisotopic (exact) mass is 330 g/mol. The van der Waals surface area contributed by atoms with Crippen molar-refractivity contribution in [3.8, 4) is 0 Å². The first-order valence-corrected chi connectivity index (χ1v) is 8.20. The zero-order valence-electron chi connectivity index (χ0n) is 13.8. The highest BCUT2D eigenvalue weighted by Crippen LogP contribution is 2.30. The van der Waals surface area contributed by atoms with E-state index in [1.54, 1.807) is 11.9 Å². The van der Waals surface area contributed by atoms with Gasteiger partial charge < -0.3 is 19.5 Å². The summed E-state index contributed by atoms with van der Waals surface area (Å²) in [6, 6.07) is 9.78. The molecule has 1 fully saturated rings. The minimum Gasteiger partial charge on any atom is -0.376 e. The largest absolute Gasteiger partial charge is 0.376 e. The van der Waals surface area contributed by atoms with Gasteiger partial charge in [-0.3, -0.25) is 0 Å². The van der Waals surface area contributed by atoms with Gasteiger partial charge >= 0.3 is 6.03 Å². The molecule has 7 heteroatoms. The summed E-state index contributed by atoms with van der Waals surface area (Å²) in [6.07, 6.45) is 2.37. The maximum Gasteiger partial charge on any atom is 0.317 e. The van der Waals surface area contributed by atoms with E-state index in [1.165, 1.54) is 0 Å². The number of nitrogens with zero attached hydrogens (tertiary/aromatic N) is 3. The minimum absolute atomic E-state index is 0.108. The van der Waals surface area contributed by atoms with Gasteiger partial charge in [-0.2, -0.15) is 4.98 Å². The van der Waals surface area contributed by atoms with Crippen molar-refractivity contribution in [2.45, 2.75) is 31.9 Å². The number of likely N-dealkylation sites (tertiary alicyclic amines) is 1. The van der Waals surface area contributed by atoms with Gasteiger partial charge in [0.25, 0.3) is 0 Å². The number of amides is 2. The summed E-state index contributed by atoms with van der Waals surface area (Å²) in [5.74, 6) is 1.12. The van der Waals surface area contributed by atoms with Gasteiger partial charge in [0.05, 0.1) is 13.2 Å². The molecule has 0 radical (unpaired) electrons. The molecule has 1 aliphatic heterocycles. The summed E-state index contributed by atoms with van der Waals surface area (Å²) in [4.78, 5) is 18.0. The molecule has 1 atom stereocenters. The first-order chi connectivity index (χ1) is 11.8. The maximum atomic E-state index is 11.9. The average molecular weight is 330 g/mol. The molecule has 1 aromatic carbocycles. The third-order valence-corrected chi connectivity index (χ3v) is 4.08. The highest BCUT2D eigenvalue weighted by molar-refractivity contribution is 5.74. The second kappa shape index (κ2) is 7.92. The summed E-state index contributed by atoms with van der Waals surface area (Å²) in [6.45, 7) is 1.80. The van der Waals surface area contributed by atoms with Gasteiger partial charge in [0.2, 0.25) is 5.89 Å². The standard InChI is InChI=1S/C17H22N4O3/c1-18-17(22)21-10-5-8-14(21)16-19-15(20-24-16)9-11-23-12-13-6-3-2-4-7-13/h2-4,6-7,14H,5,8-12H2,1H3,(H,18,22). The quantitative estimate of drug-likeness (QED) is 0.822. The molecule has 1 N–H and O–H groups in total. The van der Waals surface area contributed by atoms with Crippen molar-refractivity contribution >= 4 is 6.03 Å². The Kier molecular flexibility index (Phi) is 5.43. The zero-order chi connectivity index (χ0) is 16.8. The number of hydrogen-bond acceptors (Lipinski definition) is 5. The number of benzene rings is 1. The summed E-state index contributed by atoms with van der Waals surface area (Å²) < 4.78 is 11.0. The van der Waals surface area contributed by atoms with Crippen LogP contribution in [0.15, 0.2) is 34.9 Å². The molecular weight excluding hydrogens is 308 g/mol. The van der Waals surface area contributed by atoms with Crippen LogP contribution in [-0.2, 0) is 17.8 Å². The van der Waals surface area contributed by atoms with Crippen LogP contribution in [0.1, 0.15) is 36.2 Å². The molecule has 0 bridgehead atoms. The molecule has 0 spiro atoms. The van der Waals surface area contributed by atoms with Gasteiger partial charge in [-0.15, -0.1) is 0 Å². The van der Waals surface area contributed by atoms with Crippen LogP contribution in [0.2, 0.25) is 0 Å². The van der Waals surface area contributed by atoms with Crippen molar-refractivity contribution < 1.29 is 14.1 Å².